The molecule has 0 radical (unpaired) electrons. The molecule has 1 aliphatic carbocycles. The molecule has 1 N–H and O–H groups in total. The van der Waals surface area contributed by atoms with Gasteiger partial charge in [0.15, 0.2) is 0 Å². The molecule has 2 fully saturated rings. The van der Waals surface area contributed by atoms with Gasteiger partial charge in [-0.1, -0.05) is 37.3 Å². The van der Waals surface area contributed by atoms with Crippen molar-refractivity contribution in [2.45, 2.75) is 57.0 Å². The fourth-order valence-corrected chi connectivity index (χ4v) is 3.62. The summed E-state index contributed by atoms with van der Waals surface area (Å²) in [5.41, 5.74) is 1.42. The van der Waals surface area contributed by atoms with Crippen LogP contribution in [0.2, 0.25) is 0 Å². The summed E-state index contributed by atoms with van der Waals surface area (Å²) in [4.78, 5) is 14.5. The van der Waals surface area contributed by atoms with Gasteiger partial charge in [0.1, 0.15) is 0 Å². The van der Waals surface area contributed by atoms with Crippen LogP contribution >= 0.6 is 0 Å². The number of amides is 1. The van der Waals surface area contributed by atoms with Crippen LogP contribution in [0.15, 0.2) is 30.3 Å². The molecule has 1 aromatic carbocycles. The third-order valence-electron chi connectivity index (χ3n) is 4.84. The second kappa shape index (κ2) is 6.61. The highest BCUT2D eigenvalue weighted by atomic mass is 16.2. The van der Waals surface area contributed by atoms with Crippen LogP contribution in [0.25, 0.3) is 0 Å². The van der Waals surface area contributed by atoms with E-state index in [-0.39, 0.29) is 5.91 Å². The third-order valence-corrected chi connectivity index (χ3v) is 4.84. The zero-order valence-electron chi connectivity index (χ0n) is 12.9. The van der Waals surface area contributed by atoms with Crippen LogP contribution in [0.4, 0.5) is 0 Å². The van der Waals surface area contributed by atoms with Gasteiger partial charge >= 0.3 is 0 Å². The minimum Gasteiger partial charge on any atom is -0.352 e. The summed E-state index contributed by atoms with van der Waals surface area (Å²) in [5.74, 6) is 0.759. The van der Waals surface area contributed by atoms with E-state index in [1.54, 1.807) is 0 Å². The minimum absolute atomic E-state index is 0.215. The van der Waals surface area contributed by atoms with Crippen LogP contribution < -0.4 is 5.32 Å². The molecule has 3 nitrogen and oxygen atoms in total. The molecule has 1 heterocycles. The maximum Gasteiger partial charge on any atom is 0.234 e. The fraction of sp³-hybridized carbons (Fsp3) is 0.611. The Morgan fingerprint density at radius 1 is 1.29 bits per heavy atom. The molecular weight excluding hydrogens is 260 g/mol. The molecule has 1 saturated carbocycles. The van der Waals surface area contributed by atoms with Crippen molar-refractivity contribution in [3.05, 3.63) is 35.9 Å². The van der Waals surface area contributed by atoms with Crippen LogP contribution in [0.3, 0.4) is 0 Å². The molecule has 0 aromatic heterocycles. The Morgan fingerprint density at radius 3 is 2.71 bits per heavy atom. The van der Waals surface area contributed by atoms with E-state index in [0.29, 0.717) is 24.5 Å². The Labute approximate surface area is 127 Å². The molecule has 114 valence electrons. The Morgan fingerprint density at radius 2 is 2.05 bits per heavy atom. The number of hydrogen-bond acceptors (Lipinski definition) is 2. The maximum atomic E-state index is 12.1. The van der Waals surface area contributed by atoms with Crippen molar-refractivity contribution >= 4 is 5.91 Å². The van der Waals surface area contributed by atoms with Gasteiger partial charge in [-0.3, -0.25) is 9.69 Å². The van der Waals surface area contributed by atoms with Gasteiger partial charge in [-0.05, 0) is 50.1 Å². The van der Waals surface area contributed by atoms with Crippen LogP contribution in [0.1, 0.15) is 50.5 Å². The van der Waals surface area contributed by atoms with Gasteiger partial charge in [0.2, 0.25) is 5.91 Å². The number of carbonyl (C=O) groups excluding carboxylic acids is 1. The molecule has 1 saturated heterocycles. The zero-order valence-corrected chi connectivity index (χ0v) is 12.9. The van der Waals surface area contributed by atoms with E-state index in [9.17, 15) is 4.79 Å². The first-order chi connectivity index (χ1) is 10.3. The number of rotatable bonds is 6. The predicted octanol–water partition coefficient (Wildman–Crippen LogP) is 2.92. The lowest BCUT2D eigenvalue weighted by molar-refractivity contribution is -0.122. The van der Waals surface area contributed by atoms with Gasteiger partial charge in [-0.15, -0.1) is 0 Å². The highest BCUT2D eigenvalue weighted by Gasteiger charge is 2.33. The average Bonchev–Trinajstić information content (AvgIpc) is 3.20. The first kappa shape index (κ1) is 14.6. The summed E-state index contributed by atoms with van der Waals surface area (Å²) >= 11 is 0. The molecule has 3 heteroatoms. The van der Waals surface area contributed by atoms with Gasteiger partial charge in [-0.2, -0.15) is 0 Å². The molecular formula is C18H26N2O. The van der Waals surface area contributed by atoms with Crippen molar-refractivity contribution in [1.82, 2.24) is 10.2 Å². The Kier molecular flexibility index (Phi) is 4.59. The van der Waals surface area contributed by atoms with Gasteiger partial charge < -0.3 is 5.32 Å². The van der Waals surface area contributed by atoms with Gasteiger partial charge in [0.25, 0.3) is 0 Å². The molecule has 21 heavy (non-hydrogen) atoms. The lowest BCUT2D eigenvalue weighted by atomic mass is 9.87. The predicted molar refractivity (Wildman–Crippen MR) is 85.2 cm³/mol. The summed E-state index contributed by atoms with van der Waals surface area (Å²) in [5, 5.41) is 3.12. The molecule has 0 spiro atoms. The fourth-order valence-electron chi connectivity index (χ4n) is 3.62. The van der Waals surface area contributed by atoms with E-state index in [0.717, 1.165) is 25.8 Å². The lowest BCUT2D eigenvalue weighted by Crippen LogP contribution is -2.42. The van der Waals surface area contributed by atoms with E-state index in [2.05, 4.69) is 47.5 Å². The van der Waals surface area contributed by atoms with Crippen molar-refractivity contribution in [2.75, 3.05) is 13.1 Å². The summed E-state index contributed by atoms with van der Waals surface area (Å²) in [6, 6.07) is 11.8. The standard InChI is InChI=1S/C18H26N2O/c1-2-16(14-7-4-3-5-8-14)17-9-6-12-20(17)13-18(21)19-15-10-11-15/h3-5,7-8,15-17H,2,6,9-13H2,1H3,(H,19,21)/t16-,17+/m0/s1. The largest absolute Gasteiger partial charge is 0.352 e. The number of carbonyl (C=O) groups is 1. The van der Waals surface area contributed by atoms with Crippen molar-refractivity contribution in [2.24, 2.45) is 0 Å². The normalized spacial score (nSPS) is 24.0. The Balaban J connectivity index is 1.65. The SMILES string of the molecule is CC[C@@H](c1ccccc1)[C@H]1CCCN1CC(=O)NC1CC1. The smallest absolute Gasteiger partial charge is 0.234 e. The monoisotopic (exact) mass is 286 g/mol. The molecule has 1 amide bonds. The first-order valence-corrected chi connectivity index (χ1v) is 8.36. The second-order valence-corrected chi connectivity index (χ2v) is 6.45. The lowest BCUT2D eigenvalue weighted by Gasteiger charge is -2.31. The Bertz CT molecular complexity index is 469. The maximum absolute atomic E-state index is 12.1. The molecule has 1 aromatic rings. The number of hydrogen-bond donors (Lipinski definition) is 1. The highest BCUT2D eigenvalue weighted by molar-refractivity contribution is 5.78. The summed E-state index contributed by atoms with van der Waals surface area (Å²) < 4.78 is 0. The van der Waals surface area contributed by atoms with Crippen molar-refractivity contribution in [3.63, 3.8) is 0 Å². The van der Waals surface area contributed by atoms with E-state index in [4.69, 9.17) is 0 Å². The molecule has 2 aliphatic rings. The van der Waals surface area contributed by atoms with Crippen molar-refractivity contribution in [3.8, 4) is 0 Å². The molecule has 2 atom stereocenters. The van der Waals surface area contributed by atoms with Gasteiger partial charge in [-0.25, -0.2) is 0 Å². The van der Waals surface area contributed by atoms with E-state index >= 15 is 0 Å². The van der Waals surface area contributed by atoms with Crippen molar-refractivity contribution in [1.29, 1.82) is 0 Å². The van der Waals surface area contributed by atoms with Crippen molar-refractivity contribution < 1.29 is 4.79 Å². The zero-order chi connectivity index (χ0) is 14.7. The average molecular weight is 286 g/mol. The first-order valence-electron chi connectivity index (χ1n) is 8.36. The molecule has 0 unspecified atom stereocenters. The molecule has 1 aliphatic heterocycles. The number of likely N-dealkylation sites (tertiary alicyclic amines) is 1. The minimum atomic E-state index is 0.215. The summed E-state index contributed by atoms with van der Waals surface area (Å²) in [7, 11) is 0. The molecule has 0 bridgehead atoms. The topological polar surface area (TPSA) is 32.3 Å². The van der Waals surface area contributed by atoms with Crippen LogP contribution in [-0.4, -0.2) is 36.0 Å². The van der Waals surface area contributed by atoms with Crippen LogP contribution in [0, 0.1) is 0 Å². The van der Waals surface area contributed by atoms with E-state index in [1.165, 1.54) is 18.4 Å². The van der Waals surface area contributed by atoms with Gasteiger partial charge in [0.05, 0.1) is 6.54 Å². The van der Waals surface area contributed by atoms with E-state index < -0.39 is 0 Å². The second-order valence-electron chi connectivity index (χ2n) is 6.45. The quantitative estimate of drug-likeness (QED) is 0.872. The van der Waals surface area contributed by atoms with E-state index in [1.807, 2.05) is 0 Å². The summed E-state index contributed by atoms with van der Waals surface area (Å²) in [6.45, 7) is 3.90. The van der Waals surface area contributed by atoms with Crippen LogP contribution in [0.5, 0.6) is 0 Å². The Hall–Kier alpha value is -1.35. The number of nitrogens with zero attached hydrogens (tertiary/aromatic N) is 1. The van der Waals surface area contributed by atoms with Gasteiger partial charge in [0, 0.05) is 12.1 Å². The highest BCUT2D eigenvalue weighted by Crippen LogP contribution is 2.33. The number of nitrogens with one attached hydrogen (secondary N) is 1. The summed E-state index contributed by atoms with van der Waals surface area (Å²) in [6.07, 6.45) is 5.89. The number of benzene rings is 1. The van der Waals surface area contributed by atoms with Crippen LogP contribution in [-0.2, 0) is 4.79 Å². The molecule has 3 rings (SSSR count). The third kappa shape index (κ3) is 3.65.